The minimum Gasteiger partial charge on any atom is -0.355 e. The van der Waals surface area contributed by atoms with E-state index in [9.17, 15) is 9.59 Å². The molecule has 0 aliphatic heterocycles. The molecule has 2 aromatic rings. The zero-order chi connectivity index (χ0) is 16.4. The molecule has 0 heterocycles. The van der Waals surface area contributed by atoms with E-state index in [1.165, 1.54) is 16.7 Å². The fraction of sp³-hybridized carbons (Fsp3) is 0.263. The van der Waals surface area contributed by atoms with Gasteiger partial charge in [0.25, 0.3) is 11.8 Å². The highest BCUT2D eigenvalue weighted by molar-refractivity contribution is 5.97. The second kappa shape index (κ2) is 6.24. The average Bonchev–Trinajstić information content (AvgIpc) is 2.96. The van der Waals surface area contributed by atoms with E-state index in [-0.39, 0.29) is 17.9 Å². The molecule has 0 aromatic heterocycles. The average molecular weight is 308 g/mol. The lowest BCUT2D eigenvalue weighted by Crippen LogP contribution is -2.27. The molecular formula is C19H20N2O2. The van der Waals surface area contributed by atoms with Crippen molar-refractivity contribution in [1.82, 2.24) is 10.6 Å². The molecule has 0 fully saturated rings. The second-order valence-electron chi connectivity index (χ2n) is 5.92. The van der Waals surface area contributed by atoms with E-state index < -0.39 is 0 Å². The topological polar surface area (TPSA) is 58.2 Å². The van der Waals surface area contributed by atoms with Crippen molar-refractivity contribution in [2.24, 2.45) is 0 Å². The van der Waals surface area contributed by atoms with Gasteiger partial charge in [0.15, 0.2) is 0 Å². The Morgan fingerprint density at radius 1 is 1.00 bits per heavy atom. The highest BCUT2D eigenvalue weighted by atomic mass is 16.2. The van der Waals surface area contributed by atoms with Gasteiger partial charge in [-0.15, -0.1) is 0 Å². The van der Waals surface area contributed by atoms with Crippen LogP contribution in [0.15, 0.2) is 42.5 Å². The van der Waals surface area contributed by atoms with Crippen LogP contribution < -0.4 is 10.6 Å². The van der Waals surface area contributed by atoms with Crippen molar-refractivity contribution >= 4 is 11.8 Å². The standard InChI is InChI=1S/C19H20N2O2/c1-12-3-9-16-15(11-12)8-10-17(16)21-19(23)14-6-4-13(5-7-14)18(22)20-2/h3-7,9,11,17H,8,10H2,1-2H3,(H,20,22)(H,21,23)/t17-/m1/s1. The summed E-state index contributed by atoms with van der Waals surface area (Å²) in [5.41, 5.74) is 4.90. The maximum Gasteiger partial charge on any atom is 0.251 e. The predicted molar refractivity (Wildman–Crippen MR) is 89.5 cm³/mol. The first-order chi connectivity index (χ1) is 11.1. The number of carbonyl (C=O) groups excluding carboxylic acids is 2. The van der Waals surface area contributed by atoms with Crippen LogP contribution in [0.3, 0.4) is 0 Å². The number of nitrogens with one attached hydrogen (secondary N) is 2. The Balaban J connectivity index is 1.72. The molecule has 4 nitrogen and oxygen atoms in total. The molecule has 118 valence electrons. The van der Waals surface area contributed by atoms with E-state index in [0.29, 0.717) is 11.1 Å². The molecule has 0 bridgehead atoms. The molecular weight excluding hydrogens is 288 g/mol. The SMILES string of the molecule is CNC(=O)c1ccc(C(=O)N[C@@H]2CCc3cc(C)ccc32)cc1. The van der Waals surface area contributed by atoms with Gasteiger partial charge in [0.2, 0.25) is 0 Å². The van der Waals surface area contributed by atoms with Gasteiger partial charge in [-0.25, -0.2) is 0 Å². The fourth-order valence-electron chi connectivity index (χ4n) is 3.06. The van der Waals surface area contributed by atoms with E-state index in [1.54, 1.807) is 31.3 Å². The summed E-state index contributed by atoms with van der Waals surface area (Å²) in [6, 6.07) is 13.2. The molecule has 1 atom stereocenters. The van der Waals surface area contributed by atoms with Crippen LogP contribution in [0.25, 0.3) is 0 Å². The summed E-state index contributed by atoms with van der Waals surface area (Å²) in [5, 5.41) is 5.66. The van der Waals surface area contributed by atoms with E-state index in [0.717, 1.165) is 12.8 Å². The van der Waals surface area contributed by atoms with Gasteiger partial charge >= 0.3 is 0 Å². The van der Waals surface area contributed by atoms with E-state index in [4.69, 9.17) is 0 Å². The minimum absolute atomic E-state index is 0.0664. The molecule has 2 aromatic carbocycles. The molecule has 2 N–H and O–H groups in total. The normalized spacial score (nSPS) is 15.8. The molecule has 0 radical (unpaired) electrons. The summed E-state index contributed by atoms with van der Waals surface area (Å²) in [7, 11) is 1.59. The third kappa shape index (κ3) is 3.11. The van der Waals surface area contributed by atoms with Crippen molar-refractivity contribution in [1.29, 1.82) is 0 Å². The molecule has 3 rings (SSSR count). The van der Waals surface area contributed by atoms with Crippen LogP contribution in [0, 0.1) is 6.92 Å². The lowest BCUT2D eigenvalue weighted by molar-refractivity contribution is 0.0932. The van der Waals surface area contributed by atoms with Crippen LogP contribution in [0.1, 0.15) is 49.9 Å². The smallest absolute Gasteiger partial charge is 0.251 e. The number of aryl methyl sites for hydroxylation is 2. The highest BCUT2D eigenvalue weighted by Crippen LogP contribution is 2.31. The van der Waals surface area contributed by atoms with Gasteiger partial charge < -0.3 is 10.6 Å². The summed E-state index contributed by atoms with van der Waals surface area (Å²) in [6.45, 7) is 2.08. The fourth-order valence-corrected chi connectivity index (χ4v) is 3.06. The van der Waals surface area contributed by atoms with Gasteiger partial charge in [0.05, 0.1) is 6.04 Å². The van der Waals surface area contributed by atoms with Gasteiger partial charge in [0.1, 0.15) is 0 Å². The molecule has 23 heavy (non-hydrogen) atoms. The maximum absolute atomic E-state index is 12.4. The lowest BCUT2D eigenvalue weighted by Gasteiger charge is -2.14. The van der Waals surface area contributed by atoms with Gasteiger partial charge in [-0.3, -0.25) is 9.59 Å². The number of rotatable bonds is 3. The molecule has 2 amide bonds. The van der Waals surface area contributed by atoms with Gasteiger partial charge in [-0.2, -0.15) is 0 Å². The molecule has 1 aliphatic carbocycles. The first kappa shape index (κ1) is 15.3. The Bertz CT molecular complexity index is 750. The van der Waals surface area contributed by atoms with Gasteiger partial charge in [0, 0.05) is 18.2 Å². The Morgan fingerprint density at radius 2 is 1.65 bits per heavy atom. The van der Waals surface area contributed by atoms with Crippen LogP contribution >= 0.6 is 0 Å². The first-order valence-electron chi connectivity index (χ1n) is 7.81. The van der Waals surface area contributed by atoms with Gasteiger partial charge in [-0.1, -0.05) is 23.8 Å². The zero-order valence-corrected chi connectivity index (χ0v) is 13.3. The molecule has 1 aliphatic rings. The summed E-state index contributed by atoms with van der Waals surface area (Å²) < 4.78 is 0. The molecule has 4 heteroatoms. The number of amides is 2. The maximum atomic E-state index is 12.4. The Kier molecular flexibility index (Phi) is 4.15. The molecule has 0 spiro atoms. The van der Waals surface area contributed by atoms with E-state index in [1.807, 2.05) is 0 Å². The lowest BCUT2D eigenvalue weighted by atomic mass is 10.0. The quantitative estimate of drug-likeness (QED) is 0.916. The first-order valence-corrected chi connectivity index (χ1v) is 7.81. The third-order valence-electron chi connectivity index (χ3n) is 4.32. The number of carbonyl (C=O) groups is 2. The largest absolute Gasteiger partial charge is 0.355 e. The summed E-state index contributed by atoms with van der Waals surface area (Å²) in [4.78, 5) is 23.9. The van der Waals surface area contributed by atoms with Crippen LogP contribution in [-0.4, -0.2) is 18.9 Å². The Morgan fingerprint density at radius 3 is 2.30 bits per heavy atom. The van der Waals surface area contributed by atoms with Crippen molar-refractivity contribution in [3.63, 3.8) is 0 Å². The Labute approximate surface area is 135 Å². The van der Waals surface area contributed by atoms with Crippen molar-refractivity contribution in [3.05, 3.63) is 70.3 Å². The van der Waals surface area contributed by atoms with Crippen molar-refractivity contribution < 1.29 is 9.59 Å². The number of benzene rings is 2. The Hall–Kier alpha value is -2.62. The number of hydrogen-bond donors (Lipinski definition) is 2. The molecule has 0 saturated heterocycles. The van der Waals surface area contributed by atoms with E-state index >= 15 is 0 Å². The van der Waals surface area contributed by atoms with Gasteiger partial charge in [-0.05, 0) is 55.2 Å². The third-order valence-corrected chi connectivity index (χ3v) is 4.32. The second-order valence-corrected chi connectivity index (χ2v) is 5.92. The zero-order valence-electron chi connectivity index (χ0n) is 13.3. The number of hydrogen-bond acceptors (Lipinski definition) is 2. The minimum atomic E-state index is -0.156. The van der Waals surface area contributed by atoms with Crippen LogP contribution in [0.4, 0.5) is 0 Å². The van der Waals surface area contributed by atoms with Crippen LogP contribution in [0.5, 0.6) is 0 Å². The van der Waals surface area contributed by atoms with Crippen molar-refractivity contribution in [2.45, 2.75) is 25.8 Å². The molecule has 0 unspecified atom stereocenters. The highest BCUT2D eigenvalue weighted by Gasteiger charge is 2.24. The van der Waals surface area contributed by atoms with E-state index in [2.05, 4.69) is 35.8 Å². The van der Waals surface area contributed by atoms with Crippen LogP contribution in [-0.2, 0) is 6.42 Å². The van der Waals surface area contributed by atoms with Crippen LogP contribution in [0.2, 0.25) is 0 Å². The summed E-state index contributed by atoms with van der Waals surface area (Å²) >= 11 is 0. The molecule has 0 saturated carbocycles. The summed E-state index contributed by atoms with van der Waals surface area (Å²) in [6.07, 6.45) is 1.93. The van der Waals surface area contributed by atoms with Crippen molar-refractivity contribution in [3.8, 4) is 0 Å². The predicted octanol–water partition coefficient (Wildman–Crippen LogP) is 2.77. The summed E-state index contributed by atoms with van der Waals surface area (Å²) in [5.74, 6) is -0.260. The monoisotopic (exact) mass is 308 g/mol. The number of fused-ring (bicyclic) bond motifs is 1. The van der Waals surface area contributed by atoms with Crippen molar-refractivity contribution in [2.75, 3.05) is 7.05 Å².